The van der Waals surface area contributed by atoms with Gasteiger partial charge in [-0.25, -0.2) is 4.98 Å². The maximum Gasteiger partial charge on any atom is 0.269 e. The number of aromatic nitrogens is 1. The van der Waals surface area contributed by atoms with Gasteiger partial charge in [0.15, 0.2) is 0 Å². The number of carbonyl (C=O) groups is 1. The van der Waals surface area contributed by atoms with Gasteiger partial charge in [0.25, 0.3) is 5.91 Å². The molecule has 0 unspecified atom stereocenters. The van der Waals surface area contributed by atoms with Crippen molar-refractivity contribution in [1.29, 1.82) is 0 Å². The summed E-state index contributed by atoms with van der Waals surface area (Å²) in [6, 6.07) is 3.69. The maximum absolute atomic E-state index is 12.0. The van der Waals surface area contributed by atoms with Crippen LogP contribution < -0.4 is 10.6 Å². The van der Waals surface area contributed by atoms with E-state index in [4.69, 9.17) is 0 Å². The Bertz CT molecular complexity index is 416. The van der Waals surface area contributed by atoms with Crippen molar-refractivity contribution in [2.24, 2.45) is 5.92 Å². The number of rotatable bonds is 6. The van der Waals surface area contributed by atoms with E-state index in [0.717, 1.165) is 25.2 Å². The van der Waals surface area contributed by atoms with Gasteiger partial charge in [-0.05, 0) is 48.8 Å². The Morgan fingerprint density at radius 1 is 1.40 bits per heavy atom. The van der Waals surface area contributed by atoms with Crippen molar-refractivity contribution in [2.45, 2.75) is 26.2 Å². The average molecular weight is 293 g/mol. The van der Waals surface area contributed by atoms with Gasteiger partial charge >= 0.3 is 0 Å². The molecule has 0 radical (unpaired) electrons. The van der Waals surface area contributed by atoms with E-state index >= 15 is 0 Å². The Kier molecular flexibility index (Phi) is 6.18. The molecule has 0 atom stereocenters. The number of hydrogen-bond acceptors (Lipinski definition) is 4. The van der Waals surface area contributed by atoms with Crippen LogP contribution in [0, 0.1) is 5.92 Å². The number of anilines is 1. The molecule has 5 heteroatoms. The number of pyridine rings is 1. The van der Waals surface area contributed by atoms with E-state index in [1.54, 1.807) is 12.3 Å². The third kappa shape index (κ3) is 4.71. The molecular weight excluding hydrogens is 270 g/mol. The summed E-state index contributed by atoms with van der Waals surface area (Å²) in [6.07, 6.45) is 5.21. The Morgan fingerprint density at radius 3 is 2.85 bits per heavy atom. The molecule has 0 bridgehead atoms. The number of hydrogen-bond donors (Lipinski definition) is 2. The van der Waals surface area contributed by atoms with Gasteiger partial charge < -0.3 is 10.6 Å². The second kappa shape index (κ2) is 8.15. The number of nitrogens with one attached hydrogen (secondary N) is 2. The Labute approximate surface area is 125 Å². The fraction of sp³-hybridized carbons (Fsp3) is 0.600. The summed E-state index contributed by atoms with van der Waals surface area (Å²) < 4.78 is 0. The normalized spacial score (nSPS) is 15.8. The van der Waals surface area contributed by atoms with Crippen molar-refractivity contribution >= 4 is 23.4 Å². The number of thioether (sulfide) groups is 1. The predicted molar refractivity (Wildman–Crippen MR) is 85.4 cm³/mol. The highest BCUT2D eigenvalue weighted by atomic mass is 32.2. The van der Waals surface area contributed by atoms with E-state index in [9.17, 15) is 4.79 Å². The van der Waals surface area contributed by atoms with E-state index in [1.165, 1.54) is 24.3 Å². The molecule has 1 amide bonds. The zero-order valence-electron chi connectivity index (χ0n) is 12.0. The van der Waals surface area contributed by atoms with Gasteiger partial charge in [0.2, 0.25) is 0 Å². The summed E-state index contributed by atoms with van der Waals surface area (Å²) in [5, 5.41) is 6.25. The second-order valence-corrected chi connectivity index (χ2v) is 6.35. The van der Waals surface area contributed by atoms with Crippen molar-refractivity contribution in [2.75, 3.05) is 29.9 Å². The summed E-state index contributed by atoms with van der Waals surface area (Å²) in [7, 11) is 0. The van der Waals surface area contributed by atoms with Gasteiger partial charge in [-0.1, -0.05) is 6.92 Å². The van der Waals surface area contributed by atoms with Crippen LogP contribution in [0.2, 0.25) is 0 Å². The largest absolute Gasteiger partial charge is 0.384 e. The van der Waals surface area contributed by atoms with E-state index in [2.05, 4.69) is 22.5 Å². The highest BCUT2D eigenvalue weighted by Crippen LogP contribution is 2.21. The number of nitrogens with zero attached hydrogens (tertiary/aromatic N) is 1. The van der Waals surface area contributed by atoms with Gasteiger partial charge in [0.1, 0.15) is 5.69 Å². The summed E-state index contributed by atoms with van der Waals surface area (Å²) in [6.45, 7) is 3.82. The van der Waals surface area contributed by atoms with Crippen molar-refractivity contribution in [1.82, 2.24) is 10.3 Å². The van der Waals surface area contributed by atoms with E-state index in [1.807, 2.05) is 17.8 Å². The lowest BCUT2D eigenvalue weighted by molar-refractivity contribution is 0.0941. The molecule has 1 fully saturated rings. The lowest BCUT2D eigenvalue weighted by Crippen LogP contribution is -2.31. The summed E-state index contributed by atoms with van der Waals surface area (Å²) >= 11 is 2.01. The third-order valence-corrected chi connectivity index (χ3v) is 4.52. The van der Waals surface area contributed by atoms with Crippen LogP contribution in [0.1, 0.15) is 36.7 Å². The van der Waals surface area contributed by atoms with E-state index in [-0.39, 0.29) is 5.91 Å². The quantitative estimate of drug-likeness (QED) is 0.847. The Morgan fingerprint density at radius 2 is 2.20 bits per heavy atom. The predicted octanol–water partition coefficient (Wildman–Crippen LogP) is 2.78. The molecule has 0 spiro atoms. The van der Waals surface area contributed by atoms with Gasteiger partial charge in [0, 0.05) is 13.1 Å². The second-order valence-electron chi connectivity index (χ2n) is 5.12. The summed E-state index contributed by atoms with van der Waals surface area (Å²) in [5.41, 5.74) is 1.46. The van der Waals surface area contributed by atoms with E-state index in [0.29, 0.717) is 11.6 Å². The van der Waals surface area contributed by atoms with Crippen molar-refractivity contribution < 1.29 is 4.79 Å². The Hall–Kier alpha value is -1.23. The van der Waals surface area contributed by atoms with Crippen LogP contribution >= 0.6 is 11.8 Å². The van der Waals surface area contributed by atoms with Gasteiger partial charge in [-0.3, -0.25) is 4.79 Å². The highest BCUT2D eigenvalue weighted by Gasteiger charge is 2.15. The van der Waals surface area contributed by atoms with Gasteiger partial charge in [-0.2, -0.15) is 11.8 Å². The fourth-order valence-corrected chi connectivity index (χ4v) is 3.38. The monoisotopic (exact) mass is 293 g/mol. The minimum absolute atomic E-state index is 0.0646. The molecule has 1 aromatic heterocycles. The molecule has 2 N–H and O–H groups in total. The molecule has 110 valence electrons. The highest BCUT2D eigenvalue weighted by molar-refractivity contribution is 7.99. The lowest BCUT2D eigenvalue weighted by atomic mass is 10.0. The molecule has 1 saturated heterocycles. The zero-order chi connectivity index (χ0) is 14.2. The first-order valence-electron chi connectivity index (χ1n) is 7.35. The van der Waals surface area contributed by atoms with Gasteiger partial charge in [-0.15, -0.1) is 0 Å². The van der Waals surface area contributed by atoms with Crippen LogP contribution in [-0.4, -0.2) is 35.5 Å². The lowest BCUT2D eigenvalue weighted by Gasteiger charge is -2.21. The smallest absolute Gasteiger partial charge is 0.269 e. The van der Waals surface area contributed by atoms with Gasteiger partial charge in [0.05, 0.1) is 11.9 Å². The van der Waals surface area contributed by atoms with Crippen molar-refractivity contribution in [3.8, 4) is 0 Å². The number of carbonyl (C=O) groups excluding carboxylic acids is 1. The summed E-state index contributed by atoms with van der Waals surface area (Å²) in [4.78, 5) is 16.2. The minimum Gasteiger partial charge on any atom is -0.384 e. The minimum atomic E-state index is -0.0646. The van der Waals surface area contributed by atoms with Crippen LogP contribution in [0.25, 0.3) is 0 Å². The molecule has 2 heterocycles. The molecule has 1 aromatic rings. The summed E-state index contributed by atoms with van der Waals surface area (Å²) in [5.74, 6) is 3.00. The molecule has 20 heavy (non-hydrogen) atoms. The Balaban J connectivity index is 1.79. The molecule has 1 aliphatic rings. The van der Waals surface area contributed by atoms with Crippen LogP contribution in [0.5, 0.6) is 0 Å². The van der Waals surface area contributed by atoms with Crippen LogP contribution in [0.15, 0.2) is 18.3 Å². The molecule has 0 aliphatic carbocycles. The van der Waals surface area contributed by atoms with Crippen molar-refractivity contribution in [3.05, 3.63) is 24.0 Å². The standard InChI is InChI=1S/C15H23N3OS/c1-2-7-16-13-3-4-14(17-11-13)15(19)18-10-12-5-8-20-9-6-12/h3-4,11-12,16H,2,5-10H2,1H3,(H,18,19). The molecular formula is C15H23N3OS. The topological polar surface area (TPSA) is 54.0 Å². The maximum atomic E-state index is 12.0. The van der Waals surface area contributed by atoms with E-state index < -0.39 is 0 Å². The number of amides is 1. The molecule has 4 nitrogen and oxygen atoms in total. The van der Waals surface area contributed by atoms with Crippen LogP contribution in [0.3, 0.4) is 0 Å². The third-order valence-electron chi connectivity index (χ3n) is 3.47. The molecule has 0 saturated carbocycles. The fourth-order valence-electron chi connectivity index (χ4n) is 2.18. The molecule has 1 aliphatic heterocycles. The average Bonchev–Trinajstić information content (AvgIpc) is 2.52. The molecule has 2 rings (SSSR count). The van der Waals surface area contributed by atoms with Crippen molar-refractivity contribution in [3.63, 3.8) is 0 Å². The first kappa shape index (κ1) is 15.2. The SMILES string of the molecule is CCCNc1ccc(C(=O)NCC2CCSCC2)nc1. The molecule has 0 aromatic carbocycles. The van der Waals surface area contributed by atoms with Crippen LogP contribution in [0.4, 0.5) is 5.69 Å². The zero-order valence-corrected chi connectivity index (χ0v) is 12.8. The first-order chi connectivity index (χ1) is 9.79. The van der Waals surface area contributed by atoms with Crippen LogP contribution in [-0.2, 0) is 0 Å². The first-order valence-corrected chi connectivity index (χ1v) is 8.51.